The summed E-state index contributed by atoms with van der Waals surface area (Å²) in [6.45, 7) is 16.5. The summed E-state index contributed by atoms with van der Waals surface area (Å²) in [6.07, 6.45) is 5.14. The van der Waals surface area contributed by atoms with Crippen LogP contribution in [0.2, 0.25) is 0 Å². The van der Waals surface area contributed by atoms with Crippen molar-refractivity contribution < 1.29 is 0 Å². The molecule has 0 spiro atoms. The Kier molecular flexibility index (Phi) is 26.9. The molecule has 0 aliphatic carbocycles. The molecule has 1 aromatic rings. The minimum atomic E-state index is 0.488. The number of nitrogens with one attached hydrogen (secondary N) is 1. The highest BCUT2D eigenvalue weighted by molar-refractivity contribution is 5.21. The molecule has 1 rings (SSSR count). The predicted octanol–water partition coefficient (Wildman–Crippen LogP) is 5.75. The molecule has 2 atom stereocenters. The average Bonchev–Trinajstić information content (AvgIpc) is 2.66. The maximum Gasteiger partial charge on any atom is 0.0145 e. The summed E-state index contributed by atoms with van der Waals surface area (Å²) >= 11 is 0. The summed E-state index contributed by atoms with van der Waals surface area (Å²) in [6, 6.07) is 11.2. The summed E-state index contributed by atoms with van der Waals surface area (Å²) in [5, 5.41) is 3.37. The molecular weight excluding hydrogens is 280 g/mol. The van der Waals surface area contributed by atoms with Gasteiger partial charge < -0.3 is 11.1 Å². The molecule has 0 saturated heterocycles. The first kappa shape index (κ1) is 26.8. The Labute approximate surface area is 146 Å². The molecule has 0 saturated carbocycles. The first-order valence-electron chi connectivity index (χ1n) is 9.28. The van der Waals surface area contributed by atoms with Gasteiger partial charge in [0.1, 0.15) is 0 Å². The van der Waals surface area contributed by atoms with Crippen LogP contribution in [-0.2, 0) is 0 Å². The van der Waals surface area contributed by atoms with Crippen molar-refractivity contribution in [3.8, 4) is 0 Å². The van der Waals surface area contributed by atoms with Gasteiger partial charge in [-0.2, -0.15) is 0 Å². The van der Waals surface area contributed by atoms with E-state index in [4.69, 9.17) is 5.73 Å². The zero-order chi connectivity index (χ0) is 18.5. The largest absolute Gasteiger partial charge is 0.330 e. The third kappa shape index (κ3) is 14.2. The second kappa shape index (κ2) is 23.2. The third-order valence-corrected chi connectivity index (χ3v) is 3.29. The lowest BCUT2D eigenvalue weighted by Gasteiger charge is -2.26. The van der Waals surface area contributed by atoms with Crippen LogP contribution in [0, 0.1) is 0 Å². The summed E-state index contributed by atoms with van der Waals surface area (Å²) < 4.78 is 0. The third-order valence-electron chi connectivity index (χ3n) is 3.29. The standard InChI is InChI=1S/C13H22N2.C4H8.2C2H6/c1-3-12(13(15-2)9-10-14)11-7-5-4-6-8-11;1-3-4-2;2*1-2/h4-8,12-13,15H,3,9-10,14H2,1-2H3;3H,1,4H2,2H3;2*1-2H3/t12?,13-;;;/m1.../s1. The molecule has 0 fully saturated rings. The Morgan fingerprint density at radius 2 is 1.57 bits per heavy atom. The fourth-order valence-electron chi connectivity index (χ4n) is 2.18. The van der Waals surface area contributed by atoms with Crippen LogP contribution in [0.5, 0.6) is 0 Å². The van der Waals surface area contributed by atoms with E-state index in [9.17, 15) is 0 Å². The maximum atomic E-state index is 5.64. The lowest BCUT2D eigenvalue weighted by atomic mass is 9.87. The normalized spacial score (nSPS) is 11.3. The molecular formula is C21H42N2. The molecule has 23 heavy (non-hydrogen) atoms. The van der Waals surface area contributed by atoms with E-state index in [0.717, 1.165) is 25.8 Å². The molecule has 2 nitrogen and oxygen atoms in total. The zero-order valence-electron chi connectivity index (χ0n) is 16.7. The van der Waals surface area contributed by atoms with Gasteiger partial charge in [0.2, 0.25) is 0 Å². The summed E-state index contributed by atoms with van der Waals surface area (Å²) in [5.41, 5.74) is 7.05. The summed E-state index contributed by atoms with van der Waals surface area (Å²) in [4.78, 5) is 0. The van der Waals surface area contributed by atoms with Gasteiger partial charge in [0.05, 0.1) is 0 Å². The van der Waals surface area contributed by atoms with Gasteiger partial charge in [-0.15, -0.1) is 6.58 Å². The smallest absolute Gasteiger partial charge is 0.0145 e. The number of nitrogens with two attached hydrogens (primary N) is 1. The second-order valence-electron chi connectivity index (χ2n) is 4.59. The fourth-order valence-corrected chi connectivity index (χ4v) is 2.18. The Bertz CT molecular complexity index is 309. The van der Waals surface area contributed by atoms with Crippen LogP contribution in [-0.4, -0.2) is 19.6 Å². The van der Waals surface area contributed by atoms with Gasteiger partial charge in [0.25, 0.3) is 0 Å². The molecule has 136 valence electrons. The van der Waals surface area contributed by atoms with E-state index in [1.165, 1.54) is 5.56 Å². The van der Waals surface area contributed by atoms with Crippen LogP contribution < -0.4 is 11.1 Å². The molecule has 0 amide bonds. The molecule has 1 aromatic carbocycles. The Balaban J connectivity index is -0.000000426. The van der Waals surface area contributed by atoms with Crippen molar-refractivity contribution in [1.29, 1.82) is 0 Å². The van der Waals surface area contributed by atoms with Gasteiger partial charge >= 0.3 is 0 Å². The maximum absolute atomic E-state index is 5.64. The van der Waals surface area contributed by atoms with Gasteiger partial charge in [0, 0.05) is 6.04 Å². The molecule has 0 aliphatic rings. The fraction of sp³-hybridized carbons (Fsp3) is 0.619. The zero-order valence-corrected chi connectivity index (χ0v) is 16.7. The number of hydrogen-bond donors (Lipinski definition) is 2. The van der Waals surface area contributed by atoms with Crippen LogP contribution in [0.15, 0.2) is 43.0 Å². The topological polar surface area (TPSA) is 38.0 Å². The van der Waals surface area contributed by atoms with E-state index in [1.54, 1.807) is 0 Å². The highest BCUT2D eigenvalue weighted by Crippen LogP contribution is 2.24. The van der Waals surface area contributed by atoms with Gasteiger partial charge in [-0.3, -0.25) is 0 Å². The summed E-state index contributed by atoms with van der Waals surface area (Å²) in [7, 11) is 2.02. The van der Waals surface area contributed by atoms with Crippen LogP contribution >= 0.6 is 0 Å². The second-order valence-corrected chi connectivity index (χ2v) is 4.59. The average molecular weight is 323 g/mol. The van der Waals surface area contributed by atoms with Crippen molar-refractivity contribution in [3.05, 3.63) is 48.6 Å². The number of likely N-dealkylation sites (N-methyl/N-ethyl adjacent to an activating group) is 1. The first-order chi connectivity index (χ1) is 11.2. The van der Waals surface area contributed by atoms with Crippen LogP contribution in [0.25, 0.3) is 0 Å². The Morgan fingerprint density at radius 1 is 1.09 bits per heavy atom. The minimum Gasteiger partial charge on any atom is -0.330 e. The van der Waals surface area contributed by atoms with E-state index in [2.05, 4.69) is 56.1 Å². The van der Waals surface area contributed by atoms with E-state index < -0.39 is 0 Å². The molecule has 0 bridgehead atoms. The number of hydrogen-bond acceptors (Lipinski definition) is 2. The highest BCUT2D eigenvalue weighted by atomic mass is 14.9. The number of benzene rings is 1. The van der Waals surface area contributed by atoms with Gasteiger partial charge in [-0.05, 0) is 44.3 Å². The van der Waals surface area contributed by atoms with Gasteiger partial charge in [0.15, 0.2) is 0 Å². The van der Waals surface area contributed by atoms with Crippen molar-refractivity contribution in [1.82, 2.24) is 5.32 Å². The monoisotopic (exact) mass is 322 g/mol. The Hall–Kier alpha value is -1.12. The molecule has 0 heterocycles. The van der Waals surface area contributed by atoms with E-state index >= 15 is 0 Å². The lowest BCUT2D eigenvalue weighted by Crippen LogP contribution is -2.34. The molecule has 0 aromatic heterocycles. The van der Waals surface area contributed by atoms with E-state index in [1.807, 2.05) is 40.8 Å². The number of allylic oxidation sites excluding steroid dienone is 1. The molecule has 2 heteroatoms. The van der Waals surface area contributed by atoms with Crippen LogP contribution in [0.1, 0.15) is 72.3 Å². The molecule has 0 radical (unpaired) electrons. The summed E-state index contributed by atoms with van der Waals surface area (Å²) in [5.74, 6) is 0.569. The van der Waals surface area contributed by atoms with Crippen molar-refractivity contribution >= 4 is 0 Å². The van der Waals surface area contributed by atoms with Crippen molar-refractivity contribution in [2.45, 2.75) is 72.8 Å². The molecule has 1 unspecified atom stereocenters. The van der Waals surface area contributed by atoms with Crippen molar-refractivity contribution in [2.75, 3.05) is 13.6 Å². The lowest BCUT2D eigenvalue weighted by molar-refractivity contribution is 0.430. The quantitative estimate of drug-likeness (QED) is 0.627. The van der Waals surface area contributed by atoms with Crippen LogP contribution in [0.3, 0.4) is 0 Å². The molecule has 0 aliphatic heterocycles. The SMILES string of the molecule is C=CCC.CC.CC.CCC(c1ccccc1)[C@@H](CCN)NC. The Morgan fingerprint density at radius 3 is 1.87 bits per heavy atom. The van der Waals surface area contributed by atoms with Gasteiger partial charge in [-0.25, -0.2) is 0 Å². The van der Waals surface area contributed by atoms with Crippen LogP contribution in [0.4, 0.5) is 0 Å². The molecule has 3 N–H and O–H groups in total. The van der Waals surface area contributed by atoms with E-state index in [0.29, 0.717) is 12.0 Å². The predicted molar refractivity (Wildman–Crippen MR) is 109 cm³/mol. The highest BCUT2D eigenvalue weighted by Gasteiger charge is 2.18. The number of rotatable bonds is 7. The first-order valence-corrected chi connectivity index (χ1v) is 9.28. The van der Waals surface area contributed by atoms with Gasteiger partial charge in [-0.1, -0.05) is 78.0 Å². The van der Waals surface area contributed by atoms with Crippen molar-refractivity contribution in [3.63, 3.8) is 0 Å². The van der Waals surface area contributed by atoms with E-state index in [-0.39, 0.29) is 0 Å². The minimum absolute atomic E-state index is 0.488. The van der Waals surface area contributed by atoms with Crippen molar-refractivity contribution in [2.24, 2.45) is 5.73 Å².